The van der Waals surface area contributed by atoms with Gasteiger partial charge in [-0.15, -0.1) is 10.1 Å². The van der Waals surface area contributed by atoms with Crippen LogP contribution < -0.4 is 5.32 Å². The van der Waals surface area contributed by atoms with Crippen molar-refractivity contribution in [3.8, 4) is 0 Å². The Bertz CT molecular complexity index is 1200. The maximum atomic E-state index is 17.2. The van der Waals surface area contributed by atoms with E-state index in [-0.39, 0.29) is 31.7 Å². The molecule has 1 amide bonds. The van der Waals surface area contributed by atoms with Gasteiger partial charge in [-0.1, -0.05) is 25.5 Å². The number of ketones is 2. The number of alkyl halides is 1. The summed E-state index contributed by atoms with van der Waals surface area (Å²) >= 11 is 0. The van der Waals surface area contributed by atoms with Gasteiger partial charge in [0.2, 0.25) is 11.7 Å². The molecule has 0 aromatic rings. The number of carbonyl (C=O) groups excluding carboxylic acids is 4. The van der Waals surface area contributed by atoms with Crippen LogP contribution in [0, 0.1) is 38.7 Å². The second kappa shape index (κ2) is 10.9. The smallest absolute Gasteiger partial charge is 0.325 e. The van der Waals surface area contributed by atoms with Crippen molar-refractivity contribution in [1.82, 2.24) is 5.32 Å². The van der Waals surface area contributed by atoms with Gasteiger partial charge in [0.15, 0.2) is 18.1 Å². The Morgan fingerprint density at radius 3 is 2.66 bits per heavy atom. The van der Waals surface area contributed by atoms with Crippen molar-refractivity contribution >= 4 is 23.4 Å². The van der Waals surface area contributed by atoms with Crippen LogP contribution in [0.25, 0.3) is 0 Å². The summed E-state index contributed by atoms with van der Waals surface area (Å²) in [5, 5.41) is 34.7. The van der Waals surface area contributed by atoms with Crippen LogP contribution in [0.3, 0.4) is 0 Å². The van der Waals surface area contributed by atoms with Gasteiger partial charge in [-0.25, -0.2) is 4.39 Å². The molecule has 12 nitrogen and oxygen atoms in total. The molecule has 8 atom stereocenters. The zero-order valence-electron chi connectivity index (χ0n) is 23.4. The number of nitrogens with one attached hydrogen (secondary N) is 1. The van der Waals surface area contributed by atoms with E-state index in [4.69, 9.17) is 4.74 Å². The molecule has 0 aromatic heterocycles. The number of hydrogen-bond donors (Lipinski definition) is 3. The van der Waals surface area contributed by atoms with Crippen molar-refractivity contribution in [3.05, 3.63) is 33.9 Å². The lowest BCUT2D eigenvalue weighted by atomic mass is 9.44. The predicted octanol–water partition coefficient (Wildman–Crippen LogP) is 1.55. The third-order valence-corrected chi connectivity index (χ3v) is 10.2. The molecule has 3 N–H and O–H groups in total. The molecule has 0 aliphatic heterocycles. The maximum Gasteiger partial charge on any atom is 0.325 e. The lowest BCUT2D eigenvalue weighted by molar-refractivity contribution is -0.757. The molecule has 226 valence electrons. The minimum absolute atomic E-state index is 0.0587. The first-order chi connectivity index (χ1) is 19.1. The molecule has 41 heavy (non-hydrogen) atoms. The molecule has 0 saturated heterocycles. The normalized spacial score (nSPS) is 39.1. The van der Waals surface area contributed by atoms with E-state index in [9.17, 15) is 39.5 Å². The summed E-state index contributed by atoms with van der Waals surface area (Å²) in [4.78, 5) is 63.7. The first-order valence-electron chi connectivity index (χ1n) is 13.9. The van der Waals surface area contributed by atoms with Crippen molar-refractivity contribution in [2.45, 2.75) is 76.7 Å². The third kappa shape index (κ3) is 4.86. The molecule has 0 spiro atoms. The van der Waals surface area contributed by atoms with E-state index in [1.807, 2.05) is 0 Å². The summed E-state index contributed by atoms with van der Waals surface area (Å²) in [6.07, 6.45) is 3.63. The van der Waals surface area contributed by atoms with Gasteiger partial charge in [-0.05, 0) is 63.0 Å². The third-order valence-electron chi connectivity index (χ3n) is 10.2. The lowest BCUT2D eigenvalue weighted by Crippen LogP contribution is -2.69. The molecule has 0 radical (unpaired) electrons. The molecule has 0 bridgehead atoms. The van der Waals surface area contributed by atoms with Gasteiger partial charge < -0.3 is 25.1 Å². The Labute approximate surface area is 236 Å². The van der Waals surface area contributed by atoms with E-state index in [2.05, 4.69) is 10.2 Å². The molecule has 4 rings (SSSR count). The quantitative estimate of drug-likeness (QED) is 0.148. The van der Waals surface area contributed by atoms with Gasteiger partial charge >= 0.3 is 5.97 Å². The second-order valence-electron chi connectivity index (χ2n) is 12.2. The zero-order chi connectivity index (χ0) is 30.4. The number of fused-ring (bicyclic) bond motifs is 5. The number of aliphatic hydroxyl groups is 2. The first-order valence-corrected chi connectivity index (χ1v) is 13.9. The number of halogens is 1. The Kier molecular flexibility index (Phi) is 8.18. The summed E-state index contributed by atoms with van der Waals surface area (Å²) in [6.45, 7) is 3.46. The number of hydrogen-bond acceptors (Lipinski definition) is 10. The second-order valence-corrected chi connectivity index (χ2v) is 12.2. The SMILES string of the molecule is C[C@H]1C[C@H]2[C@@H]3CCC4=CC(=O)C=C[C@]4(C)[C@@]3(F)[C@@H](O)C[C@]2(C)[C@@]1(O)C(=O)COC(=O)CNC(=O)CCCO[N+](=O)[O-]. The number of ether oxygens (including phenoxy) is 1. The van der Waals surface area contributed by atoms with E-state index < -0.39 is 81.9 Å². The Morgan fingerprint density at radius 1 is 1.27 bits per heavy atom. The van der Waals surface area contributed by atoms with E-state index in [0.29, 0.717) is 24.8 Å². The first kappa shape index (κ1) is 30.8. The number of nitrogens with zero attached hydrogens (tertiary/aromatic N) is 1. The van der Waals surface area contributed by atoms with Gasteiger partial charge in [-0.2, -0.15) is 0 Å². The fourth-order valence-electron chi connectivity index (χ4n) is 8.08. The van der Waals surface area contributed by atoms with Crippen LogP contribution in [-0.2, 0) is 28.8 Å². The summed E-state index contributed by atoms with van der Waals surface area (Å²) < 4.78 is 22.3. The summed E-state index contributed by atoms with van der Waals surface area (Å²) in [6, 6.07) is 0. The molecule has 4 aliphatic rings. The summed E-state index contributed by atoms with van der Waals surface area (Å²) in [5.41, 5.74) is -5.88. The minimum Gasteiger partial charge on any atom is -0.456 e. The molecular weight excluding hydrogens is 543 g/mol. The van der Waals surface area contributed by atoms with E-state index in [0.717, 1.165) is 0 Å². The minimum atomic E-state index is -2.10. The zero-order valence-corrected chi connectivity index (χ0v) is 23.4. The highest BCUT2D eigenvalue weighted by Crippen LogP contribution is 2.70. The number of allylic oxidation sites excluding steroid dienone is 4. The molecular formula is C28H37FN2O10. The number of Topliss-reactive ketones (excluding diaryl/α,β-unsaturated/α-hetero) is 1. The number of aliphatic hydroxyl groups excluding tert-OH is 1. The maximum absolute atomic E-state index is 17.2. The van der Waals surface area contributed by atoms with Crippen molar-refractivity contribution in [2.75, 3.05) is 19.8 Å². The van der Waals surface area contributed by atoms with Crippen LogP contribution in [0.5, 0.6) is 0 Å². The molecule has 0 aromatic carbocycles. The highest BCUT2D eigenvalue weighted by Gasteiger charge is 2.75. The molecule has 3 fully saturated rings. The number of esters is 1. The largest absolute Gasteiger partial charge is 0.456 e. The van der Waals surface area contributed by atoms with Crippen LogP contribution >= 0.6 is 0 Å². The van der Waals surface area contributed by atoms with Crippen LogP contribution in [0.2, 0.25) is 0 Å². The average molecular weight is 581 g/mol. The lowest BCUT2D eigenvalue weighted by Gasteiger charge is -2.62. The predicted molar refractivity (Wildman–Crippen MR) is 139 cm³/mol. The average Bonchev–Trinajstić information content (AvgIpc) is 3.11. The van der Waals surface area contributed by atoms with Crippen molar-refractivity contribution in [1.29, 1.82) is 0 Å². The topological polar surface area (TPSA) is 182 Å². The van der Waals surface area contributed by atoms with Gasteiger partial charge in [-0.3, -0.25) is 19.2 Å². The van der Waals surface area contributed by atoms with E-state index in [1.165, 1.54) is 18.2 Å². The van der Waals surface area contributed by atoms with Crippen LogP contribution in [0.15, 0.2) is 23.8 Å². The van der Waals surface area contributed by atoms with Gasteiger partial charge in [0, 0.05) is 23.2 Å². The number of amides is 1. The fraction of sp³-hybridized carbons (Fsp3) is 0.714. The Hall–Kier alpha value is -3.19. The molecule has 3 saturated carbocycles. The highest BCUT2D eigenvalue weighted by atomic mass is 19.1. The van der Waals surface area contributed by atoms with Crippen LogP contribution in [-0.4, -0.2) is 75.9 Å². The standard InChI is InChI=1S/C28H37FN2O10/c1-16-11-20-19-7-6-17-12-18(32)8-9-25(17,2)27(19,29)21(33)13-26(20,3)28(16,37)22(34)15-40-24(36)14-30-23(35)5-4-10-41-31(38)39/h8-9,12,16,19-21,33,37H,4-7,10-11,13-15H2,1-3H3,(H,30,35)/t16-,19-,20-,21-,25-,26-,27-,28-/m0/s1. The van der Waals surface area contributed by atoms with Gasteiger partial charge in [0.1, 0.15) is 12.1 Å². The van der Waals surface area contributed by atoms with E-state index in [1.54, 1.807) is 20.8 Å². The van der Waals surface area contributed by atoms with Gasteiger partial charge in [0.05, 0.1) is 12.7 Å². The summed E-state index contributed by atoms with van der Waals surface area (Å²) in [5.74, 6) is -4.24. The molecule has 0 heterocycles. The van der Waals surface area contributed by atoms with Crippen LogP contribution in [0.4, 0.5) is 4.39 Å². The number of carbonyl (C=O) groups is 4. The molecule has 0 unspecified atom stereocenters. The van der Waals surface area contributed by atoms with Gasteiger partial charge in [0.25, 0.3) is 5.09 Å². The van der Waals surface area contributed by atoms with Crippen molar-refractivity contribution in [2.24, 2.45) is 28.6 Å². The van der Waals surface area contributed by atoms with Crippen molar-refractivity contribution < 1.29 is 48.4 Å². The van der Waals surface area contributed by atoms with Crippen LogP contribution in [0.1, 0.15) is 59.3 Å². The Morgan fingerprint density at radius 2 is 1.98 bits per heavy atom. The summed E-state index contributed by atoms with van der Waals surface area (Å²) in [7, 11) is 0. The highest BCUT2D eigenvalue weighted by molar-refractivity contribution is 6.01. The Balaban J connectivity index is 1.42. The van der Waals surface area contributed by atoms with E-state index >= 15 is 4.39 Å². The molecule has 4 aliphatic carbocycles. The molecule has 13 heteroatoms. The number of rotatable bonds is 10. The fourth-order valence-corrected chi connectivity index (χ4v) is 8.08. The van der Waals surface area contributed by atoms with Crippen molar-refractivity contribution in [3.63, 3.8) is 0 Å². The monoisotopic (exact) mass is 580 g/mol.